The fourth-order valence-electron chi connectivity index (χ4n) is 1.84. The first-order chi connectivity index (χ1) is 7.75. The maximum absolute atomic E-state index is 9.47. The number of hydrogen-bond donors (Lipinski definition) is 1. The van der Waals surface area contributed by atoms with Crippen LogP contribution in [0.4, 0.5) is 0 Å². The van der Waals surface area contributed by atoms with Gasteiger partial charge in [-0.05, 0) is 37.5 Å². The predicted molar refractivity (Wildman–Crippen MR) is 61.5 cm³/mol. The first-order valence-corrected chi connectivity index (χ1v) is 5.78. The maximum atomic E-state index is 9.47. The Morgan fingerprint density at radius 2 is 2.38 bits per heavy atom. The lowest BCUT2D eigenvalue weighted by atomic mass is 10.1. The average molecular weight is 222 g/mol. The zero-order chi connectivity index (χ0) is 11.4. The van der Waals surface area contributed by atoms with Crippen LogP contribution in [0, 0.1) is 0 Å². The van der Waals surface area contributed by atoms with Gasteiger partial charge in [-0.15, -0.1) is 0 Å². The van der Waals surface area contributed by atoms with E-state index in [4.69, 9.17) is 9.47 Å². The number of benzene rings is 1. The van der Waals surface area contributed by atoms with Gasteiger partial charge in [-0.2, -0.15) is 0 Å². The van der Waals surface area contributed by atoms with Crippen LogP contribution in [-0.4, -0.2) is 24.4 Å². The van der Waals surface area contributed by atoms with Crippen LogP contribution in [0.2, 0.25) is 0 Å². The molecule has 0 bridgehead atoms. The summed E-state index contributed by atoms with van der Waals surface area (Å²) in [4.78, 5) is 0. The van der Waals surface area contributed by atoms with E-state index >= 15 is 0 Å². The normalized spacial score (nSPS) is 22.8. The van der Waals surface area contributed by atoms with Crippen molar-refractivity contribution in [3.63, 3.8) is 0 Å². The van der Waals surface area contributed by atoms with E-state index in [9.17, 15) is 5.11 Å². The summed E-state index contributed by atoms with van der Waals surface area (Å²) >= 11 is 0. The van der Waals surface area contributed by atoms with Crippen molar-refractivity contribution in [1.82, 2.24) is 0 Å². The van der Waals surface area contributed by atoms with Crippen molar-refractivity contribution in [3.8, 4) is 5.75 Å². The Kier molecular flexibility index (Phi) is 3.80. The molecule has 1 aromatic carbocycles. The van der Waals surface area contributed by atoms with Crippen LogP contribution in [0.3, 0.4) is 0 Å². The molecule has 0 spiro atoms. The second-order valence-electron chi connectivity index (χ2n) is 4.21. The zero-order valence-corrected chi connectivity index (χ0v) is 9.56. The monoisotopic (exact) mass is 222 g/mol. The first kappa shape index (κ1) is 11.4. The molecule has 1 N–H and O–H groups in total. The third-order valence-corrected chi connectivity index (χ3v) is 2.76. The number of hydrogen-bond acceptors (Lipinski definition) is 3. The summed E-state index contributed by atoms with van der Waals surface area (Å²) in [5.41, 5.74) is 0.884. The minimum atomic E-state index is -0.453. The molecule has 1 fully saturated rings. The Labute approximate surface area is 96.0 Å². The van der Waals surface area contributed by atoms with Gasteiger partial charge >= 0.3 is 0 Å². The van der Waals surface area contributed by atoms with Crippen molar-refractivity contribution in [3.05, 3.63) is 29.8 Å². The van der Waals surface area contributed by atoms with Crippen LogP contribution in [0.5, 0.6) is 5.75 Å². The molecule has 1 aliphatic heterocycles. The largest absolute Gasteiger partial charge is 0.488 e. The number of ether oxygens (including phenoxy) is 2. The summed E-state index contributed by atoms with van der Waals surface area (Å²) < 4.78 is 11.2. The van der Waals surface area contributed by atoms with E-state index in [2.05, 4.69) is 0 Å². The molecule has 3 heteroatoms. The highest BCUT2D eigenvalue weighted by Gasteiger charge is 2.15. The van der Waals surface area contributed by atoms with Gasteiger partial charge in [0.05, 0.1) is 12.7 Å². The molecule has 0 saturated carbocycles. The van der Waals surface area contributed by atoms with Crippen molar-refractivity contribution in [2.24, 2.45) is 0 Å². The van der Waals surface area contributed by atoms with Gasteiger partial charge in [0, 0.05) is 6.61 Å². The van der Waals surface area contributed by atoms with Crippen LogP contribution in [0.15, 0.2) is 24.3 Å². The standard InChI is InChI=1S/C13H18O3/c1-10(14)11-4-2-5-12(8-11)16-13-6-3-7-15-9-13/h2,4-5,8,10,13-14H,3,6-7,9H2,1H3/t10-,13?/m1/s1. The van der Waals surface area contributed by atoms with Gasteiger partial charge < -0.3 is 14.6 Å². The summed E-state index contributed by atoms with van der Waals surface area (Å²) in [6.45, 7) is 3.26. The molecule has 16 heavy (non-hydrogen) atoms. The van der Waals surface area contributed by atoms with Gasteiger partial charge in [-0.1, -0.05) is 12.1 Å². The number of aliphatic hydroxyl groups is 1. The van der Waals surface area contributed by atoms with Crippen LogP contribution >= 0.6 is 0 Å². The fourth-order valence-corrected chi connectivity index (χ4v) is 1.84. The molecule has 1 saturated heterocycles. The van der Waals surface area contributed by atoms with Gasteiger partial charge in [-0.3, -0.25) is 0 Å². The minimum absolute atomic E-state index is 0.151. The lowest BCUT2D eigenvalue weighted by Gasteiger charge is -2.23. The van der Waals surface area contributed by atoms with Crippen molar-refractivity contribution in [1.29, 1.82) is 0 Å². The molecule has 1 heterocycles. The van der Waals surface area contributed by atoms with Crippen molar-refractivity contribution >= 4 is 0 Å². The van der Waals surface area contributed by atoms with Crippen molar-refractivity contribution in [2.75, 3.05) is 13.2 Å². The van der Waals surface area contributed by atoms with E-state index in [-0.39, 0.29) is 6.10 Å². The lowest BCUT2D eigenvalue weighted by Crippen LogP contribution is -2.28. The van der Waals surface area contributed by atoms with Crippen molar-refractivity contribution < 1.29 is 14.6 Å². The van der Waals surface area contributed by atoms with Gasteiger partial charge in [0.15, 0.2) is 0 Å². The smallest absolute Gasteiger partial charge is 0.122 e. The number of rotatable bonds is 3. The molecule has 1 aliphatic rings. The molecule has 2 rings (SSSR count). The fraction of sp³-hybridized carbons (Fsp3) is 0.538. The van der Waals surface area contributed by atoms with Gasteiger partial charge in [0.25, 0.3) is 0 Å². The highest BCUT2D eigenvalue weighted by molar-refractivity contribution is 5.29. The summed E-state index contributed by atoms with van der Waals surface area (Å²) in [6.07, 6.45) is 1.80. The predicted octanol–water partition coefficient (Wildman–Crippen LogP) is 2.30. The third kappa shape index (κ3) is 2.97. The van der Waals surface area contributed by atoms with Crippen LogP contribution in [0.25, 0.3) is 0 Å². The minimum Gasteiger partial charge on any atom is -0.488 e. The topological polar surface area (TPSA) is 38.7 Å². The molecule has 0 aromatic heterocycles. The highest BCUT2D eigenvalue weighted by atomic mass is 16.5. The van der Waals surface area contributed by atoms with E-state index < -0.39 is 6.10 Å². The molecule has 0 amide bonds. The lowest BCUT2D eigenvalue weighted by molar-refractivity contribution is 0.00733. The second kappa shape index (κ2) is 5.32. The molecule has 1 unspecified atom stereocenters. The third-order valence-electron chi connectivity index (χ3n) is 2.76. The molecular weight excluding hydrogens is 204 g/mol. The second-order valence-corrected chi connectivity index (χ2v) is 4.21. The molecule has 0 aliphatic carbocycles. The molecule has 2 atom stereocenters. The Morgan fingerprint density at radius 1 is 1.50 bits per heavy atom. The quantitative estimate of drug-likeness (QED) is 0.852. The summed E-state index contributed by atoms with van der Waals surface area (Å²) in [5.74, 6) is 0.814. The first-order valence-electron chi connectivity index (χ1n) is 5.78. The molecule has 3 nitrogen and oxygen atoms in total. The Morgan fingerprint density at radius 3 is 3.06 bits per heavy atom. The van der Waals surface area contributed by atoms with Gasteiger partial charge in [-0.25, -0.2) is 0 Å². The van der Waals surface area contributed by atoms with E-state index in [1.807, 2.05) is 24.3 Å². The van der Waals surface area contributed by atoms with Crippen LogP contribution in [-0.2, 0) is 4.74 Å². The van der Waals surface area contributed by atoms with E-state index in [0.29, 0.717) is 6.61 Å². The SMILES string of the molecule is C[C@@H](O)c1cccc(OC2CCCOC2)c1. The van der Waals surface area contributed by atoms with E-state index in [1.165, 1.54) is 0 Å². The molecule has 0 radical (unpaired) electrons. The molecule has 1 aromatic rings. The number of aliphatic hydroxyl groups excluding tert-OH is 1. The Bertz CT molecular complexity index is 330. The van der Waals surface area contributed by atoms with Crippen molar-refractivity contribution in [2.45, 2.75) is 32.0 Å². The average Bonchev–Trinajstić information content (AvgIpc) is 2.30. The van der Waals surface area contributed by atoms with Gasteiger partial charge in [0.1, 0.15) is 11.9 Å². The van der Waals surface area contributed by atoms with E-state index in [0.717, 1.165) is 30.8 Å². The molecular formula is C13H18O3. The zero-order valence-electron chi connectivity index (χ0n) is 9.56. The summed E-state index contributed by atoms with van der Waals surface area (Å²) in [6, 6.07) is 7.61. The van der Waals surface area contributed by atoms with Crippen LogP contribution in [0.1, 0.15) is 31.4 Å². The Hall–Kier alpha value is -1.06. The van der Waals surface area contributed by atoms with E-state index in [1.54, 1.807) is 6.92 Å². The van der Waals surface area contributed by atoms with Crippen LogP contribution < -0.4 is 4.74 Å². The summed E-state index contributed by atoms with van der Waals surface area (Å²) in [5, 5.41) is 9.47. The molecule has 88 valence electrons. The van der Waals surface area contributed by atoms with Gasteiger partial charge in [0.2, 0.25) is 0 Å². The summed E-state index contributed by atoms with van der Waals surface area (Å²) in [7, 11) is 0. The maximum Gasteiger partial charge on any atom is 0.122 e. The highest BCUT2D eigenvalue weighted by Crippen LogP contribution is 2.21. The Balaban J connectivity index is 2.00.